The highest BCUT2D eigenvalue weighted by Gasteiger charge is 2.12. The molecular formula is C10H10F3O. The van der Waals surface area contributed by atoms with Gasteiger partial charge in [-0.1, -0.05) is 13.8 Å². The largest absolute Gasteiger partial charge is 0.489 e. The molecule has 0 aliphatic rings. The van der Waals surface area contributed by atoms with E-state index < -0.39 is 23.2 Å². The summed E-state index contributed by atoms with van der Waals surface area (Å²) in [4.78, 5) is 0. The predicted octanol–water partition coefficient (Wildman–Crippen LogP) is 2.94. The first-order chi connectivity index (χ1) is 6.50. The summed E-state index contributed by atoms with van der Waals surface area (Å²) in [5.74, 6) is -3.79. The Morgan fingerprint density at radius 3 is 2.57 bits per heavy atom. The summed E-state index contributed by atoms with van der Waals surface area (Å²) >= 11 is 0. The Hall–Kier alpha value is -1.19. The molecule has 1 aromatic carbocycles. The number of benzene rings is 1. The first-order valence-corrected chi connectivity index (χ1v) is 4.20. The molecular weight excluding hydrogens is 193 g/mol. The van der Waals surface area contributed by atoms with Crippen molar-refractivity contribution in [1.29, 1.82) is 0 Å². The quantitative estimate of drug-likeness (QED) is 0.686. The lowest BCUT2D eigenvalue weighted by Crippen LogP contribution is -2.07. The number of rotatable bonds is 3. The van der Waals surface area contributed by atoms with E-state index in [4.69, 9.17) is 4.74 Å². The molecule has 0 aliphatic heterocycles. The Morgan fingerprint density at radius 2 is 2.00 bits per heavy atom. The van der Waals surface area contributed by atoms with Gasteiger partial charge in [0.2, 0.25) is 5.82 Å². The molecule has 0 N–H and O–H groups in total. The van der Waals surface area contributed by atoms with E-state index in [9.17, 15) is 13.2 Å². The van der Waals surface area contributed by atoms with E-state index in [-0.39, 0.29) is 12.5 Å². The third-order valence-corrected chi connectivity index (χ3v) is 1.46. The fraction of sp³-hybridized carbons (Fsp3) is 0.400. The number of hydrogen-bond acceptors (Lipinski definition) is 1. The Balaban J connectivity index is 2.85. The molecule has 1 aromatic rings. The monoisotopic (exact) mass is 203 g/mol. The fourth-order valence-electron chi connectivity index (χ4n) is 0.832. The second-order valence-electron chi connectivity index (χ2n) is 3.31. The lowest BCUT2D eigenvalue weighted by atomic mass is 10.2. The molecule has 4 heteroatoms. The van der Waals surface area contributed by atoms with Crippen molar-refractivity contribution in [1.82, 2.24) is 0 Å². The maximum atomic E-state index is 12.9. The van der Waals surface area contributed by atoms with Gasteiger partial charge in [-0.05, 0) is 5.92 Å². The molecule has 0 amide bonds. The molecule has 0 unspecified atom stereocenters. The number of halogens is 3. The summed E-state index contributed by atoms with van der Waals surface area (Å²) in [5, 5.41) is 0. The topological polar surface area (TPSA) is 9.23 Å². The van der Waals surface area contributed by atoms with Gasteiger partial charge in [0.1, 0.15) is 5.82 Å². The van der Waals surface area contributed by atoms with Crippen molar-refractivity contribution in [3.63, 3.8) is 0 Å². The van der Waals surface area contributed by atoms with E-state index in [2.05, 4.69) is 0 Å². The maximum Gasteiger partial charge on any atom is 0.201 e. The van der Waals surface area contributed by atoms with Crippen LogP contribution in [0.1, 0.15) is 13.8 Å². The zero-order chi connectivity index (χ0) is 10.7. The van der Waals surface area contributed by atoms with Gasteiger partial charge in [0, 0.05) is 6.07 Å². The van der Waals surface area contributed by atoms with Crippen LogP contribution in [0.4, 0.5) is 13.2 Å². The molecule has 14 heavy (non-hydrogen) atoms. The summed E-state index contributed by atoms with van der Waals surface area (Å²) < 4.78 is 43.0. The number of ether oxygens (including phenoxy) is 1. The molecule has 0 bridgehead atoms. The first kappa shape index (κ1) is 10.9. The molecule has 1 nitrogen and oxygen atoms in total. The summed E-state index contributed by atoms with van der Waals surface area (Å²) in [6.45, 7) is 3.87. The highest BCUT2D eigenvalue weighted by Crippen LogP contribution is 2.21. The van der Waals surface area contributed by atoms with Crippen LogP contribution in [0, 0.1) is 29.4 Å². The normalized spacial score (nSPS) is 10.7. The van der Waals surface area contributed by atoms with Gasteiger partial charge in [0.15, 0.2) is 11.6 Å². The van der Waals surface area contributed by atoms with Crippen LogP contribution in [0.2, 0.25) is 0 Å². The molecule has 0 atom stereocenters. The third-order valence-electron chi connectivity index (χ3n) is 1.46. The molecule has 0 spiro atoms. The van der Waals surface area contributed by atoms with Gasteiger partial charge in [-0.25, -0.2) is 8.78 Å². The smallest absolute Gasteiger partial charge is 0.201 e. The zero-order valence-corrected chi connectivity index (χ0v) is 7.90. The molecule has 1 radical (unpaired) electrons. The summed E-state index contributed by atoms with van der Waals surface area (Å²) in [6, 6.07) is 2.40. The molecule has 1 rings (SSSR count). The minimum Gasteiger partial charge on any atom is -0.489 e. The van der Waals surface area contributed by atoms with Crippen LogP contribution in [0.3, 0.4) is 0 Å². The van der Waals surface area contributed by atoms with Crippen molar-refractivity contribution < 1.29 is 17.9 Å². The van der Waals surface area contributed by atoms with E-state index in [1.165, 1.54) is 0 Å². The second-order valence-corrected chi connectivity index (χ2v) is 3.31. The molecule has 0 saturated carbocycles. The fourth-order valence-corrected chi connectivity index (χ4v) is 0.832. The van der Waals surface area contributed by atoms with Gasteiger partial charge in [-0.2, -0.15) is 4.39 Å². The predicted molar refractivity (Wildman–Crippen MR) is 45.5 cm³/mol. The third kappa shape index (κ3) is 2.65. The van der Waals surface area contributed by atoms with Crippen LogP contribution < -0.4 is 4.74 Å². The lowest BCUT2D eigenvalue weighted by Gasteiger charge is -2.09. The van der Waals surface area contributed by atoms with Crippen LogP contribution in [0.15, 0.2) is 6.07 Å². The van der Waals surface area contributed by atoms with E-state index in [0.717, 1.165) is 0 Å². The summed E-state index contributed by atoms with van der Waals surface area (Å²) in [5.41, 5.74) is 0. The van der Waals surface area contributed by atoms with Crippen molar-refractivity contribution in [3.8, 4) is 5.75 Å². The Morgan fingerprint density at radius 1 is 1.36 bits per heavy atom. The number of hydrogen-bond donors (Lipinski definition) is 0. The SMILES string of the molecule is CC(C)COc1[c]c(F)cc(F)c1F. The van der Waals surface area contributed by atoms with E-state index in [1.807, 2.05) is 19.9 Å². The van der Waals surface area contributed by atoms with Gasteiger partial charge in [-0.15, -0.1) is 0 Å². The van der Waals surface area contributed by atoms with E-state index in [1.54, 1.807) is 0 Å². The Kier molecular flexibility index (Phi) is 3.38. The van der Waals surface area contributed by atoms with Crippen molar-refractivity contribution in [3.05, 3.63) is 29.6 Å². The maximum absolute atomic E-state index is 12.9. The molecule has 0 aromatic heterocycles. The van der Waals surface area contributed by atoms with E-state index in [0.29, 0.717) is 6.07 Å². The van der Waals surface area contributed by atoms with Gasteiger partial charge >= 0.3 is 0 Å². The average Bonchev–Trinajstić information content (AvgIpc) is 2.08. The minimum atomic E-state index is -1.26. The highest BCUT2D eigenvalue weighted by atomic mass is 19.2. The molecule has 0 saturated heterocycles. The molecule has 77 valence electrons. The van der Waals surface area contributed by atoms with Crippen LogP contribution in [-0.2, 0) is 0 Å². The average molecular weight is 203 g/mol. The molecule has 0 heterocycles. The van der Waals surface area contributed by atoms with Crippen molar-refractivity contribution >= 4 is 0 Å². The minimum absolute atomic E-state index is 0.147. The molecule has 0 fully saturated rings. The summed E-state index contributed by atoms with van der Waals surface area (Å²) in [7, 11) is 0. The van der Waals surface area contributed by atoms with Gasteiger partial charge in [-0.3, -0.25) is 0 Å². The van der Waals surface area contributed by atoms with Gasteiger partial charge in [0.05, 0.1) is 12.7 Å². The zero-order valence-electron chi connectivity index (χ0n) is 7.90. The Bertz CT molecular complexity index is 323. The summed E-state index contributed by atoms with van der Waals surface area (Å²) in [6.07, 6.45) is 0. The molecule has 0 aliphatic carbocycles. The van der Waals surface area contributed by atoms with Crippen LogP contribution in [0.5, 0.6) is 5.75 Å². The van der Waals surface area contributed by atoms with E-state index >= 15 is 0 Å². The Labute approximate surface area is 80.5 Å². The van der Waals surface area contributed by atoms with Crippen LogP contribution in [-0.4, -0.2) is 6.61 Å². The van der Waals surface area contributed by atoms with Gasteiger partial charge in [0.25, 0.3) is 0 Å². The first-order valence-electron chi connectivity index (χ1n) is 4.20. The van der Waals surface area contributed by atoms with Crippen LogP contribution >= 0.6 is 0 Å². The van der Waals surface area contributed by atoms with Crippen LogP contribution in [0.25, 0.3) is 0 Å². The standard InChI is InChI=1S/C10H10F3O/c1-6(2)5-14-9-4-7(11)3-8(12)10(9)13/h3,6H,5H2,1-2H3. The highest BCUT2D eigenvalue weighted by molar-refractivity contribution is 5.24. The van der Waals surface area contributed by atoms with Crippen molar-refractivity contribution in [2.24, 2.45) is 5.92 Å². The lowest BCUT2D eigenvalue weighted by molar-refractivity contribution is 0.253. The van der Waals surface area contributed by atoms with Crippen molar-refractivity contribution in [2.45, 2.75) is 13.8 Å². The van der Waals surface area contributed by atoms with Crippen molar-refractivity contribution in [2.75, 3.05) is 6.61 Å². The second kappa shape index (κ2) is 4.35. The van der Waals surface area contributed by atoms with Gasteiger partial charge < -0.3 is 4.74 Å².